The van der Waals surface area contributed by atoms with Crippen LogP contribution in [0.4, 0.5) is 0 Å². The molecular weight excluding hydrogens is 255 g/mol. The van der Waals surface area contributed by atoms with Crippen molar-refractivity contribution in [2.24, 2.45) is 0 Å². The van der Waals surface area contributed by atoms with Crippen molar-refractivity contribution in [2.75, 3.05) is 41.3 Å². The van der Waals surface area contributed by atoms with Gasteiger partial charge in [0, 0.05) is 19.1 Å². The predicted molar refractivity (Wildman–Crippen MR) is 78.6 cm³/mol. The molecule has 0 N–H and O–H groups in total. The third-order valence-electron chi connectivity index (χ3n) is 1.05. The highest BCUT2D eigenvalue weighted by Gasteiger charge is 1.89. The van der Waals surface area contributed by atoms with Gasteiger partial charge in [-0.05, 0) is 38.2 Å². The molecule has 0 aromatic heterocycles. The molecule has 3 nitrogen and oxygen atoms in total. The summed E-state index contributed by atoms with van der Waals surface area (Å²) in [6.45, 7) is 5.23. The van der Waals surface area contributed by atoms with Crippen molar-refractivity contribution in [3.63, 3.8) is 0 Å². The maximum atomic E-state index is 10.2. The Morgan fingerprint density at radius 2 is 1.53 bits per heavy atom. The summed E-state index contributed by atoms with van der Waals surface area (Å²) in [6.07, 6.45) is 0. The molecular formula is C12H23O3PS. The van der Waals surface area contributed by atoms with Crippen LogP contribution in [0.25, 0.3) is 0 Å². The fraction of sp³-hybridized carbons (Fsp3) is 0.500. The SMILES string of the molecule is COC.COc1cccc(S)c1.CP(C)(C)=O. The van der Waals surface area contributed by atoms with Gasteiger partial charge in [0.2, 0.25) is 0 Å². The van der Waals surface area contributed by atoms with E-state index in [1.165, 1.54) is 0 Å². The van der Waals surface area contributed by atoms with Crippen LogP contribution in [-0.4, -0.2) is 41.3 Å². The quantitative estimate of drug-likeness (QED) is 0.631. The van der Waals surface area contributed by atoms with Crippen molar-refractivity contribution in [1.82, 2.24) is 0 Å². The number of hydrogen-bond donors (Lipinski definition) is 1. The Labute approximate surface area is 110 Å². The van der Waals surface area contributed by atoms with Crippen LogP contribution in [0.15, 0.2) is 29.2 Å². The predicted octanol–water partition coefficient (Wildman–Crippen LogP) is 3.49. The van der Waals surface area contributed by atoms with E-state index in [1.54, 1.807) is 41.3 Å². The lowest BCUT2D eigenvalue weighted by molar-refractivity contribution is 0.277. The molecule has 0 heterocycles. The van der Waals surface area contributed by atoms with E-state index in [-0.39, 0.29) is 0 Å². The molecule has 0 atom stereocenters. The molecule has 0 amide bonds. The Bertz CT molecular complexity index is 328. The summed E-state index contributed by atoms with van der Waals surface area (Å²) in [5.41, 5.74) is 0. The first-order valence-corrected chi connectivity index (χ1v) is 8.49. The Kier molecular flexibility index (Phi) is 11.9. The lowest BCUT2D eigenvalue weighted by Gasteiger charge is -1.97. The van der Waals surface area contributed by atoms with Crippen LogP contribution < -0.4 is 4.74 Å². The monoisotopic (exact) mass is 278 g/mol. The van der Waals surface area contributed by atoms with E-state index in [0.29, 0.717) is 0 Å². The molecule has 100 valence electrons. The van der Waals surface area contributed by atoms with E-state index in [9.17, 15) is 4.57 Å². The fourth-order valence-electron chi connectivity index (χ4n) is 0.610. The molecule has 0 radical (unpaired) electrons. The van der Waals surface area contributed by atoms with E-state index in [1.807, 2.05) is 24.3 Å². The molecule has 0 spiro atoms. The normalized spacial score (nSPS) is 9.35. The van der Waals surface area contributed by atoms with Gasteiger partial charge in [-0.3, -0.25) is 0 Å². The van der Waals surface area contributed by atoms with Crippen LogP contribution in [0.2, 0.25) is 0 Å². The molecule has 0 saturated heterocycles. The third kappa shape index (κ3) is 21.4. The highest BCUT2D eigenvalue weighted by atomic mass is 32.1. The second kappa shape index (κ2) is 10.7. The van der Waals surface area contributed by atoms with Crippen molar-refractivity contribution in [1.29, 1.82) is 0 Å². The van der Waals surface area contributed by atoms with E-state index in [2.05, 4.69) is 17.4 Å². The number of rotatable bonds is 1. The highest BCUT2D eigenvalue weighted by Crippen LogP contribution is 2.28. The van der Waals surface area contributed by atoms with E-state index in [4.69, 9.17) is 4.74 Å². The van der Waals surface area contributed by atoms with E-state index >= 15 is 0 Å². The zero-order valence-electron chi connectivity index (χ0n) is 11.4. The molecule has 5 heteroatoms. The van der Waals surface area contributed by atoms with Gasteiger partial charge in [-0.15, -0.1) is 12.6 Å². The Balaban J connectivity index is 0. The van der Waals surface area contributed by atoms with Crippen LogP contribution in [-0.2, 0) is 9.30 Å². The van der Waals surface area contributed by atoms with E-state index < -0.39 is 7.14 Å². The standard InChI is InChI=1S/C7H8OS.C3H9OP.C2H6O/c1-8-6-3-2-4-7(9)5-6;1-5(2,3)4;1-3-2/h2-5,9H,1H3;1-3H3;1-2H3. The largest absolute Gasteiger partial charge is 0.497 e. The first-order chi connectivity index (χ1) is 7.74. The van der Waals surface area contributed by atoms with Crippen molar-refractivity contribution in [3.8, 4) is 5.75 Å². The fourth-order valence-corrected chi connectivity index (χ4v) is 0.824. The van der Waals surface area contributed by atoms with Gasteiger partial charge < -0.3 is 14.0 Å². The molecule has 0 fully saturated rings. The number of thiol groups is 1. The average Bonchev–Trinajstić information content (AvgIpc) is 2.16. The Morgan fingerprint density at radius 3 is 1.76 bits per heavy atom. The zero-order chi connectivity index (χ0) is 13.9. The maximum Gasteiger partial charge on any atom is 0.119 e. The molecule has 1 aromatic rings. The lowest BCUT2D eigenvalue weighted by atomic mass is 10.3. The summed E-state index contributed by atoms with van der Waals surface area (Å²) in [6, 6.07) is 7.57. The molecule has 0 aliphatic carbocycles. The molecule has 1 rings (SSSR count). The Hall–Kier alpha value is -0.440. The van der Waals surface area contributed by atoms with Crippen LogP contribution in [0.3, 0.4) is 0 Å². The van der Waals surface area contributed by atoms with Gasteiger partial charge in [-0.25, -0.2) is 0 Å². The molecule has 0 unspecified atom stereocenters. The molecule has 0 aliphatic rings. The second-order valence-electron chi connectivity index (χ2n) is 4.00. The minimum atomic E-state index is -1.64. The number of methoxy groups -OCH3 is 2. The zero-order valence-corrected chi connectivity index (χ0v) is 13.2. The summed E-state index contributed by atoms with van der Waals surface area (Å²) in [5, 5.41) is 0. The summed E-state index contributed by atoms with van der Waals surface area (Å²) < 4.78 is 19.4. The molecule has 1 aromatic carbocycles. The van der Waals surface area contributed by atoms with Crippen LogP contribution in [0.5, 0.6) is 5.75 Å². The van der Waals surface area contributed by atoms with Crippen molar-refractivity contribution < 1.29 is 14.0 Å². The van der Waals surface area contributed by atoms with Crippen molar-refractivity contribution >= 4 is 19.8 Å². The van der Waals surface area contributed by atoms with Gasteiger partial charge in [0.15, 0.2) is 0 Å². The van der Waals surface area contributed by atoms with Crippen LogP contribution in [0.1, 0.15) is 0 Å². The molecule has 0 aliphatic heterocycles. The topological polar surface area (TPSA) is 35.5 Å². The smallest absolute Gasteiger partial charge is 0.119 e. The van der Waals surface area contributed by atoms with Crippen LogP contribution >= 0.6 is 19.8 Å². The van der Waals surface area contributed by atoms with Crippen molar-refractivity contribution in [3.05, 3.63) is 24.3 Å². The minimum Gasteiger partial charge on any atom is -0.497 e. The third-order valence-corrected chi connectivity index (χ3v) is 1.33. The van der Waals surface area contributed by atoms with Gasteiger partial charge in [-0.2, -0.15) is 0 Å². The summed E-state index contributed by atoms with van der Waals surface area (Å²) in [7, 11) is 3.25. The second-order valence-corrected chi connectivity index (χ2v) is 8.29. The van der Waals surface area contributed by atoms with Crippen molar-refractivity contribution in [2.45, 2.75) is 4.90 Å². The number of hydrogen-bond acceptors (Lipinski definition) is 4. The van der Waals surface area contributed by atoms with Gasteiger partial charge in [0.25, 0.3) is 0 Å². The minimum absolute atomic E-state index is 0.850. The van der Waals surface area contributed by atoms with Gasteiger partial charge >= 0.3 is 0 Å². The Morgan fingerprint density at radius 1 is 1.12 bits per heavy atom. The van der Waals surface area contributed by atoms with E-state index in [0.717, 1.165) is 10.6 Å². The molecule has 0 bridgehead atoms. The van der Waals surface area contributed by atoms with Gasteiger partial charge in [0.1, 0.15) is 5.75 Å². The lowest BCUT2D eigenvalue weighted by Crippen LogP contribution is -1.80. The summed E-state index contributed by atoms with van der Waals surface area (Å²) in [5.74, 6) is 0.850. The summed E-state index contributed by atoms with van der Waals surface area (Å²) >= 11 is 4.13. The average molecular weight is 278 g/mol. The van der Waals surface area contributed by atoms with Gasteiger partial charge in [0.05, 0.1) is 14.3 Å². The molecule has 0 saturated carbocycles. The first kappa shape index (κ1) is 18.9. The first-order valence-electron chi connectivity index (χ1n) is 5.00. The number of benzene rings is 1. The highest BCUT2D eigenvalue weighted by molar-refractivity contribution is 7.80. The number of ether oxygens (including phenoxy) is 2. The molecule has 17 heavy (non-hydrogen) atoms. The van der Waals surface area contributed by atoms with Gasteiger partial charge in [-0.1, -0.05) is 6.07 Å². The van der Waals surface area contributed by atoms with Crippen LogP contribution in [0, 0.1) is 0 Å². The summed E-state index contributed by atoms with van der Waals surface area (Å²) in [4.78, 5) is 0.925. The maximum absolute atomic E-state index is 10.2.